The molecule has 1 aromatic carbocycles. The molecular weight excluding hydrogens is 256 g/mol. The van der Waals surface area contributed by atoms with E-state index >= 15 is 0 Å². The Hall–Kier alpha value is -2.43. The molecule has 0 bridgehead atoms. The number of rotatable bonds is 3. The van der Waals surface area contributed by atoms with E-state index in [1.54, 1.807) is 26.0 Å². The van der Waals surface area contributed by atoms with Crippen LogP contribution >= 0.6 is 0 Å². The third-order valence-electron chi connectivity index (χ3n) is 3.38. The van der Waals surface area contributed by atoms with Crippen LogP contribution in [0.3, 0.4) is 0 Å². The number of ketones is 1. The molecule has 0 saturated carbocycles. The fourth-order valence-corrected chi connectivity index (χ4v) is 1.88. The molecule has 0 unspecified atom stereocenters. The molecule has 0 fully saturated rings. The van der Waals surface area contributed by atoms with Crippen LogP contribution in [-0.2, 0) is 6.54 Å². The van der Waals surface area contributed by atoms with Gasteiger partial charge in [-0.1, -0.05) is 29.8 Å². The van der Waals surface area contributed by atoms with Gasteiger partial charge in [-0.2, -0.15) is 0 Å². The highest BCUT2D eigenvalue weighted by molar-refractivity contribution is 5.95. The van der Waals surface area contributed by atoms with Crippen molar-refractivity contribution in [2.24, 2.45) is 0 Å². The van der Waals surface area contributed by atoms with Gasteiger partial charge in [-0.05, 0) is 20.8 Å². The zero-order valence-corrected chi connectivity index (χ0v) is 11.7. The van der Waals surface area contributed by atoms with Gasteiger partial charge in [-0.25, -0.2) is 4.68 Å². The van der Waals surface area contributed by atoms with Crippen LogP contribution in [0.1, 0.15) is 27.0 Å². The highest BCUT2D eigenvalue weighted by Crippen LogP contribution is 2.04. The fourth-order valence-electron chi connectivity index (χ4n) is 1.88. The topological polar surface area (TPSA) is 71.9 Å². The molecule has 2 aromatic rings. The van der Waals surface area contributed by atoms with Gasteiger partial charge >= 0.3 is 0 Å². The zero-order valence-electron chi connectivity index (χ0n) is 11.7. The van der Waals surface area contributed by atoms with Crippen molar-refractivity contribution < 1.29 is 4.79 Å². The van der Waals surface area contributed by atoms with Crippen molar-refractivity contribution in [3.63, 3.8) is 0 Å². The summed E-state index contributed by atoms with van der Waals surface area (Å²) in [6, 6.07) is 7.09. The van der Waals surface area contributed by atoms with E-state index in [4.69, 9.17) is 0 Å². The lowest BCUT2D eigenvalue weighted by molar-refractivity contribution is 0.0965. The number of hydrogen-bond donors (Lipinski definition) is 1. The summed E-state index contributed by atoms with van der Waals surface area (Å²) in [4.78, 5) is 35.8. The van der Waals surface area contributed by atoms with Crippen molar-refractivity contribution in [3.8, 4) is 0 Å². The van der Waals surface area contributed by atoms with E-state index < -0.39 is 0 Å². The number of carbonyl (C=O) groups is 1. The highest BCUT2D eigenvalue weighted by Gasteiger charge is 2.11. The van der Waals surface area contributed by atoms with E-state index in [0.29, 0.717) is 16.7 Å². The number of aryl methyl sites for hydroxylation is 1. The minimum Gasteiger partial charge on any atom is -0.292 e. The second kappa shape index (κ2) is 5.28. The zero-order chi connectivity index (χ0) is 14.9. The first kappa shape index (κ1) is 14.0. The summed E-state index contributed by atoms with van der Waals surface area (Å²) in [6.45, 7) is 4.93. The maximum Gasteiger partial charge on any atom is 0.268 e. The van der Waals surface area contributed by atoms with E-state index in [1.165, 1.54) is 0 Å². The summed E-state index contributed by atoms with van der Waals surface area (Å²) in [5.74, 6) is -0.217. The maximum absolute atomic E-state index is 12.1. The smallest absolute Gasteiger partial charge is 0.268 e. The lowest BCUT2D eigenvalue weighted by Gasteiger charge is -2.07. The predicted molar refractivity (Wildman–Crippen MR) is 76.3 cm³/mol. The van der Waals surface area contributed by atoms with Gasteiger partial charge in [0.15, 0.2) is 5.78 Å². The number of benzene rings is 1. The Morgan fingerprint density at radius 1 is 1.05 bits per heavy atom. The molecule has 0 atom stereocenters. The van der Waals surface area contributed by atoms with E-state index in [9.17, 15) is 14.4 Å². The molecule has 5 nitrogen and oxygen atoms in total. The summed E-state index contributed by atoms with van der Waals surface area (Å²) in [7, 11) is 0. The molecule has 2 rings (SSSR count). The van der Waals surface area contributed by atoms with E-state index in [0.717, 1.165) is 10.2 Å². The quantitative estimate of drug-likeness (QED) is 0.857. The predicted octanol–water partition coefficient (Wildman–Crippen LogP) is 1.34. The number of carbonyl (C=O) groups excluding carboxylic acids is 1. The Kier molecular flexibility index (Phi) is 3.70. The van der Waals surface area contributed by atoms with Crippen molar-refractivity contribution in [2.45, 2.75) is 27.3 Å². The molecule has 0 radical (unpaired) electrons. The Labute approximate surface area is 115 Å². The first-order valence-corrected chi connectivity index (χ1v) is 6.30. The third kappa shape index (κ3) is 2.61. The Balaban J connectivity index is 2.36. The number of nitrogens with zero attached hydrogens (tertiary/aromatic N) is 1. The number of aromatic nitrogens is 2. The minimum atomic E-state index is -0.348. The molecule has 0 amide bonds. The lowest BCUT2D eigenvalue weighted by atomic mass is 10.1. The van der Waals surface area contributed by atoms with Crippen LogP contribution in [0, 0.1) is 20.8 Å². The van der Waals surface area contributed by atoms with Gasteiger partial charge in [0.1, 0.15) is 6.54 Å². The van der Waals surface area contributed by atoms with Crippen molar-refractivity contribution in [1.82, 2.24) is 9.78 Å². The normalized spacial score (nSPS) is 10.6. The van der Waals surface area contributed by atoms with Crippen LogP contribution in [-0.4, -0.2) is 15.6 Å². The monoisotopic (exact) mass is 272 g/mol. The van der Waals surface area contributed by atoms with Crippen LogP contribution in [0.5, 0.6) is 0 Å². The minimum absolute atomic E-state index is 0.168. The number of hydrogen-bond acceptors (Lipinski definition) is 3. The summed E-state index contributed by atoms with van der Waals surface area (Å²) < 4.78 is 1.06. The Bertz CT molecular complexity index is 767. The summed E-state index contributed by atoms with van der Waals surface area (Å²) in [5, 5.41) is 2.42. The Morgan fingerprint density at radius 2 is 1.65 bits per heavy atom. The molecule has 0 aliphatic rings. The molecule has 20 heavy (non-hydrogen) atoms. The molecule has 0 spiro atoms. The molecule has 0 saturated heterocycles. The molecule has 0 aliphatic carbocycles. The number of nitrogens with one attached hydrogen (secondary N) is 1. The van der Waals surface area contributed by atoms with Crippen LogP contribution in [0.25, 0.3) is 0 Å². The highest BCUT2D eigenvalue weighted by atomic mass is 16.2. The van der Waals surface area contributed by atoms with Gasteiger partial charge in [0, 0.05) is 16.7 Å². The first-order chi connectivity index (χ1) is 9.40. The van der Waals surface area contributed by atoms with Crippen LogP contribution < -0.4 is 11.1 Å². The van der Waals surface area contributed by atoms with E-state index in [2.05, 4.69) is 5.10 Å². The van der Waals surface area contributed by atoms with Crippen molar-refractivity contribution in [1.29, 1.82) is 0 Å². The molecule has 104 valence electrons. The second-order valence-corrected chi connectivity index (χ2v) is 4.87. The standard InChI is InChI=1S/C15H16N2O3/c1-9-4-6-12(7-5-9)13(18)8-17-15(20)11(3)10(2)14(19)16-17/h4-7H,8H2,1-3H3,(H,16,19). The van der Waals surface area contributed by atoms with Gasteiger partial charge in [0.05, 0.1) is 0 Å². The summed E-state index contributed by atoms with van der Waals surface area (Å²) >= 11 is 0. The first-order valence-electron chi connectivity index (χ1n) is 6.30. The molecule has 0 aliphatic heterocycles. The number of Topliss-reactive ketones (excluding diaryl/α,β-unsaturated/α-hetero) is 1. The molecule has 1 aromatic heterocycles. The van der Waals surface area contributed by atoms with Crippen molar-refractivity contribution in [3.05, 3.63) is 67.2 Å². The molecule has 5 heteroatoms. The SMILES string of the molecule is Cc1ccc(C(=O)Cn2[nH]c(=O)c(C)c(C)c2=O)cc1. The van der Waals surface area contributed by atoms with Gasteiger partial charge in [-0.3, -0.25) is 19.5 Å². The average molecular weight is 272 g/mol. The summed E-state index contributed by atoms with van der Waals surface area (Å²) in [5.41, 5.74) is 1.63. The Morgan fingerprint density at radius 3 is 2.25 bits per heavy atom. The second-order valence-electron chi connectivity index (χ2n) is 4.87. The number of H-pyrrole nitrogens is 1. The van der Waals surface area contributed by atoms with Gasteiger partial charge in [0.25, 0.3) is 11.1 Å². The molecular formula is C15H16N2O3. The van der Waals surface area contributed by atoms with Gasteiger partial charge in [0.2, 0.25) is 0 Å². The third-order valence-corrected chi connectivity index (χ3v) is 3.38. The average Bonchev–Trinajstić information content (AvgIpc) is 2.43. The van der Waals surface area contributed by atoms with E-state index in [1.807, 2.05) is 19.1 Å². The lowest BCUT2D eigenvalue weighted by Crippen LogP contribution is -2.35. The molecule has 1 heterocycles. The van der Waals surface area contributed by atoms with Crippen LogP contribution in [0.15, 0.2) is 33.9 Å². The molecule has 1 N–H and O–H groups in total. The van der Waals surface area contributed by atoms with E-state index in [-0.39, 0.29) is 23.4 Å². The number of aromatic amines is 1. The largest absolute Gasteiger partial charge is 0.292 e. The van der Waals surface area contributed by atoms with Crippen molar-refractivity contribution >= 4 is 5.78 Å². The fraction of sp³-hybridized carbons (Fsp3) is 0.267. The van der Waals surface area contributed by atoms with Gasteiger partial charge < -0.3 is 0 Å². The van der Waals surface area contributed by atoms with Crippen LogP contribution in [0.2, 0.25) is 0 Å². The van der Waals surface area contributed by atoms with Crippen LogP contribution in [0.4, 0.5) is 0 Å². The maximum atomic E-state index is 12.1. The van der Waals surface area contributed by atoms with Gasteiger partial charge in [-0.15, -0.1) is 0 Å². The van der Waals surface area contributed by atoms with Crippen molar-refractivity contribution in [2.75, 3.05) is 0 Å². The summed E-state index contributed by atoms with van der Waals surface area (Å²) in [6.07, 6.45) is 0.